The average Bonchev–Trinajstić information content (AvgIpc) is 3.06. The molecular formula is C24H30N4O7S. The number of imide groups is 1. The van der Waals surface area contributed by atoms with Gasteiger partial charge in [0.25, 0.3) is 5.91 Å². The Morgan fingerprint density at radius 1 is 1.08 bits per heavy atom. The number of anilines is 1. The van der Waals surface area contributed by atoms with E-state index in [4.69, 9.17) is 9.47 Å². The number of nitrogens with zero attached hydrogens (tertiary/aromatic N) is 2. The number of carbonyl (C=O) groups is 3. The van der Waals surface area contributed by atoms with Crippen LogP contribution in [0.4, 0.5) is 10.5 Å². The van der Waals surface area contributed by atoms with Crippen molar-refractivity contribution >= 4 is 33.6 Å². The molecule has 3 rings (SSSR count). The molecule has 2 N–H and O–H groups in total. The van der Waals surface area contributed by atoms with Crippen molar-refractivity contribution < 1.29 is 32.3 Å². The molecule has 0 radical (unpaired) electrons. The van der Waals surface area contributed by atoms with Gasteiger partial charge in [-0.2, -0.15) is 4.31 Å². The average molecular weight is 519 g/mol. The van der Waals surface area contributed by atoms with Crippen molar-refractivity contribution in [3.05, 3.63) is 48.0 Å². The van der Waals surface area contributed by atoms with E-state index in [1.807, 2.05) is 0 Å². The SMILES string of the molecule is COc1ccc([C@]2(C)NC(=O)N(CC(=O)Nc3ccc(S(=O)(=O)N(C)C(C)C)cc3)C2=O)cc1OC. The van der Waals surface area contributed by atoms with Crippen LogP contribution in [0.5, 0.6) is 11.5 Å². The second-order valence-corrected chi connectivity index (χ2v) is 10.7. The minimum Gasteiger partial charge on any atom is -0.493 e. The Hall–Kier alpha value is -3.64. The third-order valence-electron chi connectivity index (χ3n) is 6.08. The van der Waals surface area contributed by atoms with Crippen molar-refractivity contribution in [3.63, 3.8) is 0 Å². The summed E-state index contributed by atoms with van der Waals surface area (Å²) in [4.78, 5) is 39.3. The number of urea groups is 1. The minimum absolute atomic E-state index is 0.0801. The summed E-state index contributed by atoms with van der Waals surface area (Å²) in [7, 11) is 0.765. The van der Waals surface area contributed by atoms with E-state index in [0.29, 0.717) is 22.7 Å². The maximum atomic E-state index is 13.2. The van der Waals surface area contributed by atoms with Crippen LogP contribution in [0.15, 0.2) is 47.4 Å². The Labute approximate surface area is 210 Å². The topological polar surface area (TPSA) is 134 Å². The first-order valence-corrected chi connectivity index (χ1v) is 12.5. The van der Waals surface area contributed by atoms with Crippen LogP contribution in [0.1, 0.15) is 26.3 Å². The molecule has 12 heteroatoms. The molecule has 0 aromatic heterocycles. The number of hydrogen-bond acceptors (Lipinski definition) is 7. The molecule has 4 amide bonds. The third-order valence-corrected chi connectivity index (χ3v) is 8.13. The minimum atomic E-state index is -3.67. The zero-order valence-corrected chi connectivity index (χ0v) is 21.8. The summed E-state index contributed by atoms with van der Waals surface area (Å²) in [5.41, 5.74) is -0.625. The highest BCUT2D eigenvalue weighted by Gasteiger charge is 2.49. The van der Waals surface area contributed by atoms with E-state index in [0.717, 1.165) is 4.90 Å². The summed E-state index contributed by atoms with van der Waals surface area (Å²) < 4.78 is 36.9. The van der Waals surface area contributed by atoms with Crippen molar-refractivity contribution in [3.8, 4) is 11.5 Å². The first-order chi connectivity index (χ1) is 16.8. The first kappa shape index (κ1) is 27.0. The molecule has 0 aliphatic carbocycles. The van der Waals surface area contributed by atoms with E-state index in [2.05, 4.69) is 10.6 Å². The molecule has 2 aromatic carbocycles. The lowest BCUT2D eigenvalue weighted by atomic mass is 9.91. The summed E-state index contributed by atoms with van der Waals surface area (Å²) in [6.07, 6.45) is 0. The van der Waals surface area contributed by atoms with Crippen molar-refractivity contribution in [1.29, 1.82) is 0 Å². The fraction of sp³-hybridized carbons (Fsp3) is 0.375. The quantitative estimate of drug-likeness (QED) is 0.486. The molecule has 0 saturated carbocycles. The Morgan fingerprint density at radius 3 is 2.25 bits per heavy atom. The normalized spacial score (nSPS) is 17.9. The van der Waals surface area contributed by atoms with E-state index in [1.165, 1.54) is 49.8 Å². The molecule has 1 atom stereocenters. The van der Waals surface area contributed by atoms with E-state index in [1.54, 1.807) is 39.0 Å². The summed E-state index contributed by atoms with van der Waals surface area (Å²) in [5.74, 6) is -0.370. The number of benzene rings is 2. The fourth-order valence-electron chi connectivity index (χ4n) is 3.68. The van der Waals surface area contributed by atoms with E-state index >= 15 is 0 Å². The van der Waals surface area contributed by atoms with Gasteiger partial charge in [-0.05, 0) is 62.7 Å². The Kier molecular flexibility index (Phi) is 7.60. The van der Waals surface area contributed by atoms with Crippen molar-refractivity contribution in [1.82, 2.24) is 14.5 Å². The molecule has 1 aliphatic heterocycles. The number of methoxy groups -OCH3 is 2. The number of rotatable bonds is 9. The lowest BCUT2D eigenvalue weighted by molar-refractivity contribution is -0.133. The van der Waals surface area contributed by atoms with Gasteiger partial charge in [0.05, 0.1) is 19.1 Å². The molecule has 0 bridgehead atoms. The second-order valence-electron chi connectivity index (χ2n) is 8.70. The van der Waals surface area contributed by atoms with Crippen LogP contribution in [-0.4, -0.2) is 69.3 Å². The van der Waals surface area contributed by atoms with Gasteiger partial charge >= 0.3 is 6.03 Å². The molecule has 11 nitrogen and oxygen atoms in total. The monoisotopic (exact) mass is 518 g/mol. The van der Waals surface area contributed by atoms with Crippen LogP contribution in [0, 0.1) is 0 Å². The van der Waals surface area contributed by atoms with Gasteiger partial charge in [0.15, 0.2) is 11.5 Å². The van der Waals surface area contributed by atoms with Crippen molar-refractivity contribution in [2.45, 2.75) is 37.2 Å². The van der Waals surface area contributed by atoms with E-state index < -0.39 is 40.0 Å². The Balaban J connectivity index is 1.72. The number of nitrogens with one attached hydrogen (secondary N) is 2. The number of ether oxygens (including phenoxy) is 2. The second kappa shape index (κ2) is 10.2. The number of hydrogen-bond donors (Lipinski definition) is 2. The molecular weight excluding hydrogens is 488 g/mol. The Bertz CT molecular complexity index is 1280. The summed E-state index contributed by atoms with van der Waals surface area (Å²) in [6.45, 7) is 4.54. The third kappa shape index (κ3) is 5.00. The van der Waals surface area contributed by atoms with Crippen LogP contribution >= 0.6 is 0 Å². The van der Waals surface area contributed by atoms with Crippen LogP contribution in [0.25, 0.3) is 0 Å². The van der Waals surface area contributed by atoms with Crippen molar-refractivity contribution in [2.24, 2.45) is 0 Å². The standard InChI is InChI=1S/C24H30N4O7S/c1-15(2)27(4)36(32,33)18-10-8-17(9-11-18)25-21(29)14-28-22(30)24(3,26-23(28)31)16-7-12-19(34-5)20(13-16)35-6/h7-13,15H,14H2,1-6H3,(H,25,29)(H,26,31)/t24-/m0/s1. The highest BCUT2D eigenvalue weighted by molar-refractivity contribution is 7.89. The Morgan fingerprint density at radius 2 is 1.69 bits per heavy atom. The maximum absolute atomic E-state index is 13.2. The molecule has 1 fully saturated rings. The fourth-order valence-corrected chi connectivity index (χ4v) is 5.05. The smallest absolute Gasteiger partial charge is 0.325 e. The van der Waals surface area contributed by atoms with Gasteiger partial charge in [-0.3, -0.25) is 14.5 Å². The largest absolute Gasteiger partial charge is 0.493 e. The molecule has 1 heterocycles. The van der Waals surface area contributed by atoms with Crippen LogP contribution in [0.2, 0.25) is 0 Å². The molecule has 36 heavy (non-hydrogen) atoms. The molecule has 194 valence electrons. The highest BCUT2D eigenvalue weighted by atomic mass is 32.2. The molecule has 0 unspecified atom stereocenters. The lowest BCUT2D eigenvalue weighted by Crippen LogP contribution is -2.42. The summed E-state index contributed by atoms with van der Waals surface area (Å²) in [6, 6.07) is 9.56. The van der Waals surface area contributed by atoms with Crippen molar-refractivity contribution in [2.75, 3.05) is 33.1 Å². The van der Waals surface area contributed by atoms with E-state index in [9.17, 15) is 22.8 Å². The predicted octanol–water partition coefficient (Wildman–Crippen LogP) is 2.14. The van der Waals surface area contributed by atoms with Crippen LogP contribution in [-0.2, 0) is 25.2 Å². The summed E-state index contributed by atoms with van der Waals surface area (Å²) >= 11 is 0. The molecule has 1 saturated heterocycles. The molecule has 1 aliphatic rings. The molecule has 0 spiro atoms. The van der Waals surface area contributed by atoms with Gasteiger partial charge in [0.2, 0.25) is 15.9 Å². The van der Waals surface area contributed by atoms with E-state index in [-0.39, 0.29) is 10.9 Å². The number of amides is 4. The first-order valence-electron chi connectivity index (χ1n) is 11.1. The predicted molar refractivity (Wildman–Crippen MR) is 132 cm³/mol. The number of sulfonamides is 1. The summed E-state index contributed by atoms with van der Waals surface area (Å²) in [5, 5.41) is 5.22. The van der Waals surface area contributed by atoms with Gasteiger partial charge < -0.3 is 20.1 Å². The van der Waals surface area contributed by atoms with Crippen LogP contribution < -0.4 is 20.1 Å². The van der Waals surface area contributed by atoms with Gasteiger partial charge in [-0.15, -0.1) is 0 Å². The van der Waals surface area contributed by atoms with Crippen LogP contribution in [0.3, 0.4) is 0 Å². The van der Waals surface area contributed by atoms with Gasteiger partial charge in [-0.1, -0.05) is 6.07 Å². The number of carbonyl (C=O) groups excluding carboxylic acids is 3. The zero-order valence-electron chi connectivity index (χ0n) is 21.0. The van der Waals surface area contributed by atoms with Gasteiger partial charge in [0.1, 0.15) is 12.1 Å². The lowest BCUT2D eigenvalue weighted by Gasteiger charge is -2.23. The maximum Gasteiger partial charge on any atom is 0.325 e. The zero-order chi connectivity index (χ0) is 26.8. The highest BCUT2D eigenvalue weighted by Crippen LogP contribution is 2.35. The molecule has 2 aromatic rings. The van der Waals surface area contributed by atoms with Gasteiger partial charge in [0, 0.05) is 18.8 Å². The van der Waals surface area contributed by atoms with Gasteiger partial charge in [-0.25, -0.2) is 13.2 Å².